The molecule has 4 fully saturated rings. The van der Waals surface area contributed by atoms with E-state index in [1.807, 2.05) is 13.8 Å². The average molecular weight is 533 g/mol. The number of hydrogen-bond donors (Lipinski definition) is 4. The van der Waals surface area contributed by atoms with Crippen molar-refractivity contribution >= 4 is 16.0 Å². The molecule has 0 aliphatic heterocycles. The third kappa shape index (κ3) is 5.13. The lowest BCUT2D eigenvalue weighted by Crippen LogP contribution is -2.62. The van der Waals surface area contributed by atoms with E-state index in [1.54, 1.807) is 0 Å². The van der Waals surface area contributed by atoms with Gasteiger partial charge in [-0.15, -0.1) is 0 Å². The highest BCUT2D eigenvalue weighted by molar-refractivity contribution is 7.85. The fourth-order valence-electron chi connectivity index (χ4n) is 9.05. The molecule has 0 unspecified atom stereocenters. The summed E-state index contributed by atoms with van der Waals surface area (Å²) in [7, 11) is -4.14. The van der Waals surface area contributed by atoms with E-state index in [-0.39, 0.29) is 54.4 Å². The molecule has 0 radical (unpaired) electrons. The second kappa shape index (κ2) is 10.5. The molecule has 0 heterocycles. The molecule has 11 atom stereocenters. The van der Waals surface area contributed by atoms with E-state index in [1.165, 1.54) is 0 Å². The van der Waals surface area contributed by atoms with E-state index in [4.69, 9.17) is 11.4 Å². The van der Waals surface area contributed by atoms with Crippen molar-refractivity contribution in [2.45, 2.75) is 104 Å². The number of aliphatic hydroxyl groups excluding tert-OH is 1. The van der Waals surface area contributed by atoms with Crippen LogP contribution in [0.4, 0.5) is 0 Å². The zero-order valence-electron chi connectivity index (χ0n) is 27.2. The second-order valence-electron chi connectivity index (χ2n) is 12.6. The van der Waals surface area contributed by atoms with E-state index in [9.17, 15) is 23.4 Å². The SMILES string of the molecule is [2H]C1([2H])C[C@@]2(C)[C@H]([C@@H](CC)[C@@H](O)[C@@H]3[C@@H]2CC[C@]2(C)[C@@H]([C@H](C)CCC(=O)NCCS(=O)(=O)O)CC[C@@H]32)C([2H])([2H])[C@@]1([2H])O. The van der Waals surface area contributed by atoms with Gasteiger partial charge in [0.05, 0.1) is 19.3 Å². The smallest absolute Gasteiger partial charge is 0.266 e. The molecule has 0 aromatic rings. The first-order chi connectivity index (χ1) is 18.7. The number of fused-ring (bicyclic) bond motifs is 5. The van der Waals surface area contributed by atoms with E-state index in [2.05, 4.69) is 19.2 Å². The van der Waals surface area contributed by atoms with Crippen molar-refractivity contribution < 1.29 is 34.8 Å². The largest absolute Gasteiger partial charge is 0.393 e. The first-order valence-corrected chi connectivity index (χ1v) is 15.4. The third-order valence-electron chi connectivity index (χ3n) is 10.8. The number of rotatable bonds is 8. The lowest BCUT2D eigenvalue weighted by atomic mass is 9.41. The van der Waals surface area contributed by atoms with Gasteiger partial charge in [-0.05, 0) is 104 Å². The molecule has 4 aliphatic carbocycles. The van der Waals surface area contributed by atoms with Crippen molar-refractivity contribution in [3.63, 3.8) is 0 Å². The molecule has 8 heteroatoms. The fourth-order valence-corrected chi connectivity index (χ4v) is 9.41. The van der Waals surface area contributed by atoms with Crippen molar-refractivity contribution in [3.8, 4) is 0 Å². The van der Waals surface area contributed by atoms with Crippen LogP contribution in [0.25, 0.3) is 0 Å². The predicted molar refractivity (Wildman–Crippen MR) is 140 cm³/mol. The van der Waals surface area contributed by atoms with E-state index in [0.29, 0.717) is 25.2 Å². The molecule has 4 aliphatic rings. The Labute approximate surface area is 225 Å². The van der Waals surface area contributed by atoms with E-state index in [0.717, 1.165) is 19.3 Å². The van der Waals surface area contributed by atoms with Gasteiger partial charge in [-0.2, -0.15) is 8.42 Å². The molecule has 0 saturated heterocycles. The monoisotopic (exact) mass is 532 g/mol. The van der Waals surface area contributed by atoms with Crippen molar-refractivity contribution in [1.29, 1.82) is 0 Å². The number of carbonyl (C=O) groups excluding carboxylic acids is 1. The number of nitrogens with one attached hydrogen (secondary N) is 1. The Hall–Kier alpha value is -0.700. The molecule has 4 saturated carbocycles. The zero-order valence-corrected chi connectivity index (χ0v) is 23.0. The average Bonchev–Trinajstić information content (AvgIpc) is 3.19. The highest BCUT2D eigenvalue weighted by atomic mass is 32.2. The van der Waals surface area contributed by atoms with Crippen LogP contribution < -0.4 is 5.32 Å². The van der Waals surface area contributed by atoms with Crippen LogP contribution in [0.3, 0.4) is 0 Å². The highest BCUT2D eigenvalue weighted by Crippen LogP contribution is 2.69. The summed E-state index contributed by atoms with van der Waals surface area (Å²) in [5.74, 6) is -1.73. The zero-order chi connectivity index (χ0) is 31.0. The fraction of sp³-hybridized carbons (Fsp3) is 0.964. The van der Waals surface area contributed by atoms with Crippen LogP contribution in [0.5, 0.6) is 0 Å². The topological polar surface area (TPSA) is 124 Å². The van der Waals surface area contributed by atoms with Gasteiger partial charge < -0.3 is 15.5 Å². The summed E-state index contributed by atoms with van der Waals surface area (Å²) >= 11 is 0. The summed E-state index contributed by atoms with van der Waals surface area (Å²) in [5, 5.41) is 25.4. The first-order valence-electron chi connectivity index (χ1n) is 16.3. The molecule has 1 amide bonds. The summed E-state index contributed by atoms with van der Waals surface area (Å²) in [6.07, 6.45) is -4.10. The molecule has 4 rings (SSSR count). The summed E-state index contributed by atoms with van der Waals surface area (Å²) in [4.78, 5) is 12.3. The Morgan fingerprint density at radius 3 is 2.50 bits per heavy atom. The Morgan fingerprint density at radius 2 is 1.83 bits per heavy atom. The standard InChI is InChI=1S/C28H49NO6S/c1-5-19-23-16-18(30)10-12-28(23,4)22-11-13-27(3)20(7-8-21(27)25(22)26(19)32)17(2)6-9-24(31)29-14-15-36(33,34)35/h17-23,25-26,30,32H,5-16H2,1-4H3,(H,29,31)(H,33,34,35)/t17-,18+,19-,20-,21+,22+,23+,25+,26-,27-,28-/m1/s1/i10D2,16D2,18D. The summed E-state index contributed by atoms with van der Waals surface area (Å²) in [5.41, 5.74) is -0.927. The Bertz CT molecular complexity index is 1120. The minimum Gasteiger partial charge on any atom is -0.393 e. The van der Waals surface area contributed by atoms with Gasteiger partial charge in [-0.1, -0.05) is 34.1 Å². The number of aliphatic hydroxyl groups is 2. The van der Waals surface area contributed by atoms with Gasteiger partial charge in [0.1, 0.15) is 0 Å². The molecule has 208 valence electrons. The van der Waals surface area contributed by atoms with Gasteiger partial charge in [0.15, 0.2) is 0 Å². The number of carbonyl (C=O) groups is 1. The minimum absolute atomic E-state index is 0.104. The molecular formula is C28H49NO6S. The minimum atomic E-state index is -4.14. The van der Waals surface area contributed by atoms with Crippen LogP contribution in [0.2, 0.25) is 0 Å². The van der Waals surface area contributed by atoms with Crippen LogP contribution in [-0.2, 0) is 14.9 Å². The maximum Gasteiger partial charge on any atom is 0.266 e. The molecule has 0 aromatic carbocycles. The van der Waals surface area contributed by atoms with E-state index >= 15 is 0 Å². The van der Waals surface area contributed by atoms with Crippen LogP contribution in [-0.4, -0.2) is 53.6 Å². The first kappa shape index (κ1) is 22.2. The van der Waals surface area contributed by atoms with Gasteiger partial charge in [0.2, 0.25) is 5.91 Å². The van der Waals surface area contributed by atoms with Crippen molar-refractivity contribution in [2.24, 2.45) is 52.3 Å². The molecule has 0 aromatic heterocycles. The van der Waals surface area contributed by atoms with Gasteiger partial charge in [-0.3, -0.25) is 9.35 Å². The number of amides is 1. The maximum atomic E-state index is 12.3. The normalized spacial score (nSPS) is 52.2. The summed E-state index contributed by atoms with van der Waals surface area (Å²) in [6, 6.07) is 0. The van der Waals surface area contributed by atoms with Gasteiger partial charge >= 0.3 is 0 Å². The summed E-state index contributed by atoms with van der Waals surface area (Å²) in [6.45, 7) is 8.12. The quantitative estimate of drug-likeness (QED) is 0.350. The Balaban J connectivity index is 1.55. The van der Waals surface area contributed by atoms with Gasteiger partial charge in [0, 0.05) is 18.4 Å². The second-order valence-corrected chi connectivity index (χ2v) is 14.1. The van der Waals surface area contributed by atoms with Crippen LogP contribution in [0.1, 0.15) is 98.7 Å². The van der Waals surface area contributed by atoms with Crippen molar-refractivity contribution in [2.75, 3.05) is 12.3 Å². The molecule has 7 nitrogen and oxygen atoms in total. The molecule has 0 bridgehead atoms. The Kier molecular flexibility index (Phi) is 6.44. The van der Waals surface area contributed by atoms with Crippen molar-refractivity contribution in [1.82, 2.24) is 5.32 Å². The lowest BCUT2D eigenvalue weighted by molar-refractivity contribution is -0.203. The van der Waals surface area contributed by atoms with Crippen LogP contribution in [0.15, 0.2) is 0 Å². The van der Waals surface area contributed by atoms with Crippen LogP contribution >= 0.6 is 0 Å². The van der Waals surface area contributed by atoms with Gasteiger partial charge in [0.25, 0.3) is 10.1 Å². The predicted octanol–water partition coefficient (Wildman–Crippen LogP) is 4.03. The summed E-state index contributed by atoms with van der Waals surface area (Å²) < 4.78 is 74.1. The molecule has 0 spiro atoms. The van der Waals surface area contributed by atoms with Crippen molar-refractivity contribution in [3.05, 3.63) is 0 Å². The van der Waals surface area contributed by atoms with Gasteiger partial charge in [-0.25, -0.2) is 0 Å². The van der Waals surface area contributed by atoms with E-state index < -0.39 is 58.1 Å². The Morgan fingerprint density at radius 1 is 1.14 bits per heavy atom. The third-order valence-corrected chi connectivity index (χ3v) is 11.5. The molecule has 36 heavy (non-hydrogen) atoms. The number of hydrogen-bond acceptors (Lipinski definition) is 5. The molecule has 4 N–H and O–H groups in total. The van der Waals surface area contributed by atoms with Crippen LogP contribution in [0, 0.1) is 52.3 Å². The highest BCUT2D eigenvalue weighted by Gasteiger charge is 2.64. The maximum absolute atomic E-state index is 12.3. The molecular weight excluding hydrogens is 478 g/mol. The lowest BCUT2D eigenvalue weighted by Gasteiger charge is -2.64.